The zero-order chi connectivity index (χ0) is 15.4. The Morgan fingerprint density at radius 2 is 1.91 bits per heavy atom. The molecule has 0 unspecified atom stereocenters. The molecule has 2 aromatic heterocycles. The minimum Gasteiger partial charge on any atom is -0.495 e. The highest BCUT2D eigenvalue weighted by molar-refractivity contribution is 7.98. The number of nitrogens with zero attached hydrogens (tertiary/aromatic N) is 3. The first-order chi connectivity index (χ1) is 10.8. The third-order valence-corrected chi connectivity index (χ3v) is 4.34. The van der Waals surface area contributed by atoms with E-state index in [0.29, 0.717) is 5.75 Å². The Balaban J connectivity index is 1.82. The van der Waals surface area contributed by atoms with E-state index in [1.54, 1.807) is 18.9 Å². The molecule has 2 heterocycles. The van der Waals surface area contributed by atoms with Crippen molar-refractivity contribution in [3.8, 4) is 11.4 Å². The number of para-hydroxylation sites is 1. The predicted octanol–water partition coefficient (Wildman–Crippen LogP) is 3.88. The highest BCUT2D eigenvalue weighted by atomic mass is 32.2. The third-order valence-electron chi connectivity index (χ3n) is 3.36. The summed E-state index contributed by atoms with van der Waals surface area (Å²) < 4.78 is 7.53. The van der Waals surface area contributed by atoms with Crippen LogP contribution in [0.15, 0.2) is 60.1 Å². The number of thioether (sulfide) groups is 1. The lowest BCUT2D eigenvalue weighted by Crippen LogP contribution is -1.98. The van der Waals surface area contributed by atoms with Crippen molar-refractivity contribution >= 4 is 11.8 Å². The fraction of sp³-hybridized carbons (Fsp3) is 0.176. The largest absolute Gasteiger partial charge is 0.495 e. The van der Waals surface area contributed by atoms with Gasteiger partial charge in [0.1, 0.15) is 5.75 Å². The maximum atomic E-state index is 5.46. The second kappa shape index (κ2) is 6.66. The van der Waals surface area contributed by atoms with Crippen LogP contribution in [0.1, 0.15) is 11.3 Å². The summed E-state index contributed by atoms with van der Waals surface area (Å²) in [6.45, 7) is 2.03. The van der Waals surface area contributed by atoms with Crippen LogP contribution in [-0.4, -0.2) is 21.6 Å². The lowest BCUT2D eigenvalue weighted by Gasteiger charge is -2.10. The summed E-state index contributed by atoms with van der Waals surface area (Å²) in [5.41, 5.74) is 3.14. The van der Waals surface area contributed by atoms with Gasteiger partial charge in [0.05, 0.1) is 12.8 Å². The monoisotopic (exact) mass is 311 g/mol. The van der Waals surface area contributed by atoms with Crippen LogP contribution in [0.2, 0.25) is 0 Å². The maximum absolute atomic E-state index is 5.46. The van der Waals surface area contributed by atoms with Gasteiger partial charge in [-0.3, -0.25) is 9.55 Å². The summed E-state index contributed by atoms with van der Waals surface area (Å²) in [5, 5.41) is 0.941. The molecule has 0 N–H and O–H groups in total. The van der Waals surface area contributed by atoms with Gasteiger partial charge in [0, 0.05) is 30.0 Å². The molecule has 0 aliphatic rings. The van der Waals surface area contributed by atoms with E-state index in [4.69, 9.17) is 4.74 Å². The molecule has 1 aromatic carbocycles. The van der Waals surface area contributed by atoms with Crippen LogP contribution in [-0.2, 0) is 5.75 Å². The van der Waals surface area contributed by atoms with E-state index in [9.17, 15) is 0 Å². The first-order valence-corrected chi connectivity index (χ1v) is 7.98. The Hall–Kier alpha value is -2.27. The van der Waals surface area contributed by atoms with E-state index in [2.05, 4.69) is 26.7 Å². The molecule has 0 amide bonds. The van der Waals surface area contributed by atoms with Crippen molar-refractivity contribution in [2.24, 2.45) is 0 Å². The Morgan fingerprint density at radius 1 is 1.09 bits per heavy atom. The van der Waals surface area contributed by atoms with E-state index in [1.165, 1.54) is 0 Å². The number of aryl methyl sites for hydroxylation is 1. The smallest absolute Gasteiger partial charge is 0.172 e. The zero-order valence-corrected chi connectivity index (χ0v) is 13.4. The van der Waals surface area contributed by atoms with E-state index in [0.717, 1.165) is 27.9 Å². The number of ether oxygens (including phenoxy) is 1. The van der Waals surface area contributed by atoms with Crippen molar-refractivity contribution in [2.75, 3.05) is 7.11 Å². The Bertz CT molecular complexity index is 756. The molecule has 0 bridgehead atoms. The number of benzene rings is 1. The van der Waals surface area contributed by atoms with E-state index in [1.807, 2.05) is 49.8 Å². The molecule has 3 aromatic rings. The molecule has 0 saturated carbocycles. The molecule has 0 atom stereocenters. The number of methoxy groups -OCH3 is 1. The fourth-order valence-corrected chi connectivity index (χ4v) is 3.21. The second-order valence-corrected chi connectivity index (χ2v) is 5.75. The van der Waals surface area contributed by atoms with E-state index >= 15 is 0 Å². The van der Waals surface area contributed by atoms with Gasteiger partial charge < -0.3 is 4.74 Å². The second-order valence-electron chi connectivity index (χ2n) is 4.81. The molecule has 4 nitrogen and oxygen atoms in total. The van der Waals surface area contributed by atoms with Gasteiger partial charge in [0.2, 0.25) is 0 Å². The Kier molecular flexibility index (Phi) is 4.44. The summed E-state index contributed by atoms with van der Waals surface area (Å²) in [5.74, 6) is 1.57. The SMILES string of the molecule is COc1c(C)ccnc1CSc1nccn1-c1ccccc1. The molecule has 3 rings (SSSR count). The number of aromatic nitrogens is 3. The highest BCUT2D eigenvalue weighted by Gasteiger charge is 2.11. The molecular weight excluding hydrogens is 294 g/mol. The van der Waals surface area contributed by atoms with Crippen LogP contribution in [0.3, 0.4) is 0 Å². The molecular formula is C17H17N3OS. The summed E-state index contributed by atoms with van der Waals surface area (Å²) in [6, 6.07) is 12.1. The van der Waals surface area contributed by atoms with Crippen LogP contribution in [0.25, 0.3) is 5.69 Å². The van der Waals surface area contributed by atoms with Gasteiger partial charge in [-0.15, -0.1) is 0 Å². The average Bonchev–Trinajstić information content (AvgIpc) is 3.02. The van der Waals surface area contributed by atoms with Crippen molar-refractivity contribution < 1.29 is 4.74 Å². The van der Waals surface area contributed by atoms with Crippen molar-refractivity contribution in [2.45, 2.75) is 17.8 Å². The van der Waals surface area contributed by atoms with Gasteiger partial charge >= 0.3 is 0 Å². The minimum absolute atomic E-state index is 0.717. The lowest BCUT2D eigenvalue weighted by molar-refractivity contribution is 0.405. The molecule has 112 valence electrons. The van der Waals surface area contributed by atoms with Crippen molar-refractivity contribution in [1.29, 1.82) is 0 Å². The zero-order valence-electron chi connectivity index (χ0n) is 12.6. The van der Waals surface area contributed by atoms with E-state index < -0.39 is 0 Å². The number of rotatable bonds is 5. The summed E-state index contributed by atoms with van der Waals surface area (Å²) in [6.07, 6.45) is 5.60. The Morgan fingerprint density at radius 3 is 2.68 bits per heavy atom. The molecule has 0 aliphatic carbocycles. The van der Waals surface area contributed by atoms with Crippen LogP contribution in [0.4, 0.5) is 0 Å². The van der Waals surface area contributed by atoms with Gasteiger partial charge in [-0.1, -0.05) is 30.0 Å². The first kappa shape index (κ1) is 14.7. The Labute approximate surface area is 134 Å². The summed E-state index contributed by atoms with van der Waals surface area (Å²) in [4.78, 5) is 8.87. The van der Waals surface area contributed by atoms with Crippen molar-refractivity contribution in [1.82, 2.24) is 14.5 Å². The molecule has 0 saturated heterocycles. The molecule has 5 heteroatoms. The lowest BCUT2D eigenvalue weighted by atomic mass is 10.2. The molecule has 0 fully saturated rings. The minimum atomic E-state index is 0.717. The first-order valence-electron chi connectivity index (χ1n) is 6.99. The standard InChI is InChI=1S/C17H17N3OS/c1-13-8-9-18-15(16(13)21-2)12-22-17-19-10-11-20(17)14-6-4-3-5-7-14/h3-11H,12H2,1-2H3. The van der Waals surface area contributed by atoms with E-state index in [-0.39, 0.29) is 0 Å². The van der Waals surface area contributed by atoms with Gasteiger partial charge in [-0.2, -0.15) is 0 Å². The number of hydrogen-bond acceptors (Lipinski definition) is 4. The highest BCUT2D eigenvalue weighted by Crippen LogP contribution is 2.28. The fourth-order valence-electron chi connectivity index (χ4n) is 2.30. The number of imidazole rings is 1. The maximum Gasteiger partial charge on any atom is 0.172 e. The summed E-state index contributed by atoms with van der Waals surface area (Å²) in [7, 11) is 1.68. The topological polar surface area (TPSA) is 39.9 Å². The third kappa shape index (κ3) is 2.99. The van der Waals surface area contributed by atoms with Crippen LogP contribution >= 0.6 is 11.8 Å². The number of pyridine rings is 1. The van der Waals surface area contributed by atoms with Gasteiger partial charge in [0.25, 0.3) is 0 Å². The average molecular weight is 311 g/mol. The number of hydrogen-bond donors (Lipinski definition) is 0. The molecule has 22 heavy (non-hydrogen) atoms. The van der Waals surface area contributed by atoms with Gasteiger partial charge in [-0.05, 0) is 30.7 Å². The van der Waals surface area contributed by atoms with Crippen molar-refractivity contribution in [3.05, 3.63) is 66.2 Å². The van der Waals surface area contributed by atoms with Crippen LogP contribution < -0.4 is 4.74 Å². The van der Waals surface area contributed by atoms with Gasteiger partial charge in [-0.25, -0.2) is 4.98 Å². The molecule has 0 aliphatic heterocycles. The van der Waals surface area contributed by atoms with Crippen molar-refractivity contribution in [3.63, 3.8) is 0 Å². The van der Waals surface area contributed by atoms with Gasteiger partial charge in [0.15, 0.2) is 5.16 Å². The van der Waals surface area contributed by atoms with Crippen LogP contribution in [0.5, 0.6) is 5.75 Å². The molecule has 0 radical (unpaired) electrons. The van der Waals surface area contributed by atoms with Crippen LogP contribution in [0, 0.1) is 6.92 Å². The summed E-state index contributed by atoms with van der Waals surface area (Å²) >= 11 is 1.65. The normalized spacial score (nSPS) is 10.6. The quantitative estimate of drug-likeness (QED) is 0.671. The molecule has 0 spiro atoms. The predicted molar refractivity (Wildman–Crippen MR) is 88.7 cm³/mol.